The standard InChI is InChI=1S/C9H7N3/c1-6-4-8(5-10)12-9(11-3)7(6)2/h4H,1-2H3. The summed E-state index contributed by atoms with van der Waals surface area (Å²) in [4.78, 5) is 7.08. The molecule has 1 aromatic rings. The summed E-state index contributed by atoms with van der Waals surface area (Å²) in [6.45, 7) is 10.5. The molecule has 0 saturated carbocycles. The molecule has 0 fully saturated rings. The second-order valence-corrected chi connectivity index (χ2v) is 2.50. The Morgan fingerprint density at radius 3 is 2.75 bits per heavy atom. The predicted octanol–water partition coefficient (Wildman–Crippen LogP) is 2.12. The normalized spacial score (nSPS) is 8.67. The van der Waals surface area contributed by atoms with E-state index in [0.717, 1.165) is 11.1 Å². The van der Waals surface area contributed by atoms with Gasteiger partial charge >= 0.3 is 0 Å². The van der Waals surface area contributed by atoms with Gasteiger partial charge in [-0.25, -0.2) is 0 Å². The van der Waals surface area contributed by atoms with Crippen molar-refractivity contribution >= 4 is 5.82 Å². The molecule has 0 aromatic carbocycles. The lowest BCUT2D eigenvalue weighted by molar-refractivity contribution is 1.20. The Balaban J connectivity index is 3.44. The van der Waals surface area contributed by atoms with Gasteiger partial charge < -0.3 is 4.85 Å². The van der Waals surface area contributed by atoms with Crippen molar-refractivity contribution in [3.8, 4) is 6.07 Å². The molecule has 0 aliphatic carbocycles. The highest BCUT2D eigenvalue weighted by molar-refractivity contribution is 5.50. The first kappa shape index (κ1) is 8.23. The Morgan fingerprint density at radius 2 is 2.25 bits per heavy atom. The molecular formula is C9H7N3. The third kappa shape index (κ3) is 1.26. The molecule has 0 unspecified atom stereocenters. The Bertz CT molecular complexity index is 393. The molecule has 0 bridgehead atoms. The van der Waals surface area contributed by atoms with Gasteiger partial charge in [0.05, 0.1) is 0 Å². The zero-order valence-electron chi connectivity index (χ0n) is 6.92. The van der Waals surface area contributed by atoms with Crippen LogP contribution in [0.2, 0.25) is 0 Å². The van der Waals surface area contributed by atoms with Gasteiger partial charge in [-0.05, 0) is 19.4 Å². The molecule has 3 heteroatoms. The fourth-order valence-corrected chi connectivity index (χ4v) is 0.886. The molecule has 1 heterocycles. The van der Waals surface area contributed by atoms with Gasteiger partial charge in [-0.2, -0.15) is 5.26 Å². The molecule has 0 amide bonds. The van der Waals surface area contributed by atoms with Crippen LogP contribution >= 0.6 is 0 Å². The third-order valence-electron chi connectivity index (χ3n) is 1.73. The lowest BCUT2D eigenvalue weighted by Gasteiger charge is -1.99. The fourth-order valence-electron chi connectivity index (χ4n) is 0.886. The Kier molecular flexibility index (Phi) is 2.07. The van der Waals surface area contributed by atoms with Crippen LogP contribution in [0.3, 0.4) is 0 Å². The summed E-state index contributed by atoms with van der Waals surface area (Å²) in [6, 6.07) is 3.60. The van der Waals surface area contributed by atoms with E-state index in [4.69, 9.17) is 11.8 Å². The van der Waals surface area contributed by atoms with Crippen molar-refractivity contribution in [3.05, 3.63) is 34.3 Å². The highest BCUT2D eigenvalue weighted by Gasteiger charge is 2.06. The molecule has 0 saturated heterocycles. The minimum absolute atomic E-state index is 0.309. The number of nitrogens with zero attached hydrogens (tertiary/aromatic N) is 3. The number of aryl methyl sites for hydroxylation is 1. The predicted molar refractivity (Wildman–Crippen MR) is 44.7 cm³/mol. The molecule has 0 spiro atoms. The lowest BCUT2D eigenvalue weighted by Crippen LogP contribution is -1.88. The Labute approximate surface area is 71.1 Å². The van der Waals surface area contributed by atoms with Crippen LogP contribution in [-0.2, 0) is 0 Å². The number of nitriles is 1. The average molecular weight is 157 g/mol. The van der Waals surface area contributed by atoms with Crippen LogP contribution < -0.4 is 0 Å². The van der Waals surface area contributed by atoms with E-state index < -0.39 is 0 Å². The van der Waals surface area contributed by atoms with Gasteiger partial charge in [-0.15, -0.1) is 4.98 Å². The Morgan fingerprint density at radius 1 is 1.58 bits per heavy atom. The summed E-state index contributed by atoms with van der Waals surface area (Å²) < 4.78 is 0. The highest BCUT2D eigenvalue weighted by atomic mass is 14.9. The van der Waals surface area contributed by atoms with E-state index in [0.29, 0.717) is 11.5 Å². The van der Waals surface area contributed by atoms with Crippen LogP contribution in [0.15, 0.2) is 6.07 Å². The first-order chi connectivity index (χ1) is 5.69. The maximum Gasteiger partial charge on any atom is 0.274 e. The van der Waals surface area contributed by atoms with E-state index in [-0.39, 0.29) is 0 Å². The van der Waals surface area contributed by atoms with Gasteiger partial charge in [0.15, 0.2) is 0 Å². The van der Waals surface area contributed by atoms with Crippen molar-refractivity contribution in [1.29, 1.82) is 5.26 Å². The first-order valence-corrected chi connectivity index (χ1v) is 3.45. The SMILES string of the molecule is [C-]#[N+]c1nc(C#N)cc(C)c1C. The summed E-state index contributed by atoms with van der Waals surface area (Å²) in [5.74, 6) is 0.326. The molecule has 0 aliphatic heterocycles. The van der Waals surface area contributed by atoms with E-state index in [2.05, 4.69) is 9.83 Å². The minimum atomic E-state index is 0.309. The summed E-state index contributed by atoms with van der Waals surface area (Å²) in [7, 11) is 0. The van der Waals surface area contributed by atoms with Crippen LogP contribution in [0.5, 0.6) is 0 Å². The van der Waals surface area contributed by atoms with Crippen molar-refractivity contribution in [2.24, 2.45) is 0 Å². The monoisotopic (exact) mass is 157 g/mol. The van der Waals surface area contributed by atoms with Crippen molar-refractivity contribution in [2.75, 3.05) is 0 Å². The van der Waals surface area contributed by atoms with Crippen LogP contribution in [0.4, 0.5) is 5.82 Å². The number of hydrogen-bond donors (Lipinski definition) is 0. The van der Waals surface area contributed by atoms with Crippen LogP contribution in [0.25, 0.3) is 4.85 Å². The molecule has 3 nitrogen and oxygen atoms in total. The maximum atomic E-state index is 8.56. The lowest BCUT2D eigenvalue weighted by atomic mass is 10.1. The topological polar surface area (TPSA) is 41.0 Å². The van der Waals surface area contributed by atoms with Crippen LogP contribution in [0.1, 0.15) is 16.8 Å². The van der Waals surface area contributed by atoms with E-state index in [1.54, 1.807) is 6.07 Å². The van der Waals surface area contributed by atoms with Crippen molar-refractivity contribution in [1.82, 2.24) is 4.98 Å². The molecule has 1 rings (SSSR count). The van der Waals surface area contributed by atoms with Crippen LogP contribution in [-0.4, -0.2) is 4.98 Å². The number of hydrogen-bond acceptors (Lipinski definition) is 2. The zero-order chi connectivity index (χ0) is 9.14. The van der Waals surface area contributed by atoms with E-state index in [1.165, 1.54) is 0 Å². The molecule has 0 N–H and O–H groups in total. The first-order valence-electron chi connectivity index (χ1n) is 3.45. The van der Waals surface area contributed by atoms with E-state index in [1.807, 2.05) is 19.9 Å². The fraction of sp³-hybridized carbons (Fsp3) is 0.222. The summed E-state index contributed by atoms with van der Waals surface area (Å²) in [5.41, 5.74) is 2.10. The molecule has 0 aliphatic rings. The molecule has 0 radical (unpaired) electrons. The second kappa shape index (κ2) is 3.02. The van der Waals surface area contributed by atoms with Crippen LogP contribution in [0, 0.1) is 31.8 Å². The maximum absolute atomic E-state index is 8.56. The van der Waals surface area contributed by atoms with Gasteiger partial charge in [0, 0.05) is 6.07 Å². The quantitative estimate of drug-likeness (QED) is 0.541. The largest absolute Gasteiger partial charge is 0.360 e. The van der Waals surface area contributed by atoms with Crippen molar-refractivity contribution in [3.63, 3.8) is 0 Å². The van der Waals surface area contributed by atoms with E-state index >= 15 is 0 Å². The summed E-state index contributed by atoms with van der Waals surface area (Å²) in [5, 5.41) is 8.56. The molecule has 12 heavy (non-hydrogen) atoms. The Hall–Kier alpha value is -1.87. The van der Waals surface area contributed by atoms with E-state index in [9.17, 15) is 0 Å². The minimum Gasteiger partial charge on any atom is -0.360 e. The van der Waals surface area contributed by atoms with Crippen molar-refractivity contribution < 1.29 is 0 Å². The second-order valence-electron chi connectivity index (χ2n) is 2.50. The summed E-state index contributed by atoms with van der Waals surface area (Å²) in [6.07, 6.45) is 0. The average Bonchev–Trinajstić information content (AvgIpc) is 2.09. The number of rotatable bonds is 0. The molecule has 58 valence electrons. The third-order valence-corrected chi connectivity index (χ3v) is 1.73. The van der Waals surface area contributed by atoms with Gasteiger partial charge in [-0.3, -0.25) is 0 Å². The van der Waals surface area contributed by atoms with Crippen molar-refractivity contribution in [2.45, 2.75) is 13.8 Å². The van der Waals surface area contributed by atoms with Gasteiger partial charge in [0.1, 0.15) is 6.07 Å². The highest BCUT2D eigenvalue weighted by Crippen LogP contribution is 2.19. The number of aromatic nitrogens is 1. The molecular weight excluding hydrogens is 150 g/mol. The zero-order valence-corrected chi connectivity index (χ0v) is 6.92. The summed E-state index contributed by atoms with van der Waals surface area (Å²) >= 11 is 0. The number of pyridine rings is 1. The van der Waals surface area contributed by atoms with Gasteiger partial charge in [0.25, 0.3) is 5.82 Å². The smallest absolute Gasteiger partial charge is 0.274 e. The molecule has 1 aromatic heterocycles. The molecule has 0 atom stereocenters. The van der Waals surface area contributed by atoms with Gasteiger partial charge in [-0.1, -0.05) is 12.1 Å². The van der Waals surface area contributed by atoms with Gasteiger partial charge in [0.2, 0.25) is 5.69 Å².